The summed E-state index contributed by atoms with van der Waals surface area (Å²) in [5.41, 5.74) is 0. The topological polar surface area (TPSA) is 3.24 Å². The zero-order valence-electron chi connectivity index (χ0n) is 7.31. The summed E-state index contributed by atoms with van der Waals surface area (Å²) in [7, 11) is 10.8. The largest absolute Gasteiger partial charge is 0.330 e. The number of quaternary nitrogens is 1. The van der Waals surface area contributed by atoms with Crippen molar-refractivity contribution in [3.05, 3.63) is 0 Å². The lowest BCUT2D eigenvalue weighted by Gasteiger charge is -2.25. The minimum absolute atomic E-state index is 1.05. The number of rotatable bonds is 3. The molecule has 2 nitrogen and oxygen atoms in total. The van der Waals surface area contributed by atoms with Crippen LogP contribution in [0.5, 0.6) is 0 Å². The first kappa shape index (κ1) is 8.92. The van der Waals surface area contributed by atoms with Crippen LogP contribution in [0, 0.1) is 0 Å². The molecule has 0 heterocycles. The molecule has 0 amide bonds. The Kier molecular flexibility index (Phi) is 3.15. The van der Waals surface area contributed by atoms with Gasteiger partial charge in [0, 0.05) is 6.54 Å². The van der Waals surface area contributed by atoms with Crippen LogP contribution in [0.1, 0.15) is 0 Å². The summed E-state index contributed by atoms with van der Waals surface area (Å²) < 4.78 is 1.05. The van der Waals surface area contributed by atoms with Gasteiger partial charge in [0.25, 0.3) is 0 Å². The Bertz CT molecular complexity index is 71.5. The van der Waals surface area contributed by atoms with E-state index in [-0.39, 0.29) is 0 Å². The highest BCUT2D eigenvalue weighted by atomic mass is 15.3. The molecule has 0 radical (unpaired) electrons. The predicted octanol–water partition coefficient (Wildman–Crippen LogP) is 0.254. The molecule has 0 spiro atoms. The van der Waals surface area contributed by atoms with Gasteiger partial charge in [-0.3, -0.25) is 0 Å². The van der Waals surface area contributed by atoms with Crippen LogP contribution in [0.4, 0.5) is 0 Å². The highest BCUT2D eigenvalue weighted by molar-refractivity contribution is 4.38. The van der Waals surface area contributed by atoms with Crippen LogP contribution < -0.4 is 0 Å². The standard InChI is InChI=1S/C7H19N2/c1-8(2)6-7-9(3,4)5/h6-7H2,1-5H3/q+1. The Morgan fingerprint density at radius 3 is 1.67 bits per heavy atom. The van der Waals surface area contributed by atoms with Gasteiger partial charge in [-0.25, -0.2) is 0 Å². The maximum Gasteiger partial charge on any atom is 0.0909 e. The van der Waals surface area contributed by atoms with Gasteiger partial charge in [-0.2, -0.15) is 0 Å². The predicted molar refractivity (Wildman–Crippen MR) is 41.5 cm³/mol. The minimum Gasteiger partial charge on any atom is -0.330 e. The van der Waals surface area contributed by atoms with Crippen molar-refractivity contribution in [1.82, 2.24) is 4.90 Å². The van der Waals surface area contributed by atoms with Gasteiger partial charge in [-0.15, -0.1) is 0 Å². The molecule has 0 aliphatic heterocycles. The first-order valence-electron chi connectivity index (χ1n) is 3.37. The first-order chi connectivity index (χ1) is 3.92. The average Bonchev–Trinajstić information content (AvgIpc) is 1.59. The normalized spacial score (nSPS) is 12.7. The third-order valence-electron chi connectivity index (χ3n) is 1.22. The van der Waals surface area contributed by atoms with Crippen LogP contribution in [-0.4, -0.2) is 57.7 Å². The molecule has 0 aliphatic rings. The third kappa shape index (κ3) is 7.92. The number of likely N-dealkylation sites (N-methyl/N-ethyl adjacent to an activating group) is 2. The van der Waals surface area contributed by atoms with Gasteiger partial charge in [0.2, 0.25) is 0 Å². The van der Waals surface area contributed by atoms with E-state index < -0.39 is 0 Å². The average molecular weight is 131 g/mol. The summed E-state index contributed by atoms with van der Waals surface area (Å²) in [6, 6.07) is 0. The fourth-order valence-corrected chi connectivity index (χ4v) is 0.500. The van der Waals surface area contributed by atoms with Gasteiger partial charge in [0.15, 0.2) is 0 Å². The molecule has 0 rings (SSSR count). The van der Waals surface area contributed by atoms with Crippen molar-refractivity contribution < 1.29 is 4.48 Å². The lowest BCUT2D eigenvalue weighted by Crippen LogP contribution is -2.40. The van der Waals surface area contributed by atoms with Crippen LogP contribution in [0.15, 0.2) is 0 Å². The van der Waals surface area contributed by atoms with Crippen molar-refractivity contribution in [2.75, 3.05) is 48.3 Å². The van der Waals surface area contributed by atoms with E-state index >= 15 is 0 Å². The van der Waals surface area contributed by atoms with Gasteiger partial charge >= 0.3 is 0 Å². The van der Waals surface area contributed by atoms with Crippen molar-refractivity contribution in [1.29, 1.82) is 0 Å². The molecule has 2 heteroatoms. The Morgan fingerprint density at radius 1 is 1.11 bits per heavy atom. The van der Waals surface area contributed by atoms with Crippen molar-refractivity contribution >= 4 is 0 Å². The zero-order chi connectivity index (χ0) is 7.49. The Morgan fingerprint density at radius 2 is 1.56 bits per heavy atom. The van der Waals surface area contributed by atoms with Crippen molar-refractivity contribution in [2.24, 2.45) is 0 Å². The van der Waals surface area contributed by atoms with Crippen LogP contribution in [0.2, 0.25) is 0 Å². The number of hydrogen-bond donors (Lipinski definition) is 0. The second-order valence-corrected chi connectivity index (χ2v) is 3.82. The maximum atomic E-state index is 2.21. The molecule has 0 aromatic heterocycles. The van der Waals surface area contributed by atoms with Crippen LogP contribution in [-0.2, 0) is 0 Å². The molecule has 0 fully saturated rings. The first-order valence-corrected chi connectivity index (χ1v) is 3.37. The van der Waals surface area contributed by atoms with E-state index in [1.165, 1.54) is 13.1 Å². The van der Waals surface area contributed by atoms with Gasteiger partial charge in [0.05, 0.1) is 27.7 Å². The van der Waals surface area contributed by atoms with E-state index in [9.17, 15) is 0 Å². The Balaban J connectivity index is 3.28. The summed E-state index contributed by atoms with van der Waals surface area (Å²) >= 11 is 0. The summed E-state index contributed by atoms with van der Waals surface area (Å²) in [6.45, 7) is 2.39. The lowest BCUT2D eigenvalue weighted by atomic mass is 10.5. The lowest BCUT2D eigenvalue weighted by molar-refractivity contribution is -0.869. The van der Waals surface area contributed by atoms with Crippen LogP contribution in [0.3, 0.4) is 0 Å². The molecule has 0 N–H and O–H groups in total. The van der Waals surface area contributed by atoms with Gasteiger partial charge in [-0.1, -0.05) is 0 Å². The van der Waals surface area contributed by atoms with Crippen molar-refractivity contribution in [3.8, 4) is 0 Å². The molecule has 0 aliphatic carbocycles. The van der Waals surface area contributed by atoms with Crippen molar-refractivity contribution in [3.63, 3.8) is 0 Å². The molecule has 0 saturated carbocycles. The smallest absolute Gasteiger partial charge is 0.0909 e. The molecule has 9 heavy (non-hydrogen) atoms. The van der Waals surface area contributed by atoms with E-state index in [0.717, 1.165) is 4.48 Å². The third-order valence-corrected chi connectivity index (χ3v) is 1.22. The van der Waals surface area contributed by atoms with Gasteiger partial charge < -0.3 is 9.38 Å². The number of nitrogens with zero attached hydrogens (tertiary/aromatic N) is 2. The summed E-state index contributed by atoms with van der Waals surface area (Å²) in [4.78, 5) is 2.21. The van der Waals surface area contributed by atoms with E-state index in [0.29, 0.717) is 0 Å². The van der Waals surface area contributed by atoms with E-state index in [4.69, 9.17) is 0 Å². The molecular formula is C7H19N2+. The van der Waals surface area contributed by atoms with E-state index in [2.05, 4.69) is 40.1 Å². The summed E-state index contributed by atoms with van der Waals surface area (Å²) in [5.74, 6) is 0. The van der Waals surface area contributed by atoms with Crippen LogP contribution in [0.25, 0.3) is 0 Å². The second kappa shape index (κ2) is 3.18. The Labute approximate surface area is 58.7 Å². The molecule has 0 aromatic rings. The molecule has 0 bridgehead atoms. The summed E-state index contributed by atoms with van der Waals surface area (Å²) in [6.07, 6.45) is 0. The maximum absolute atomic E-state index is 2.21. The van der Waals surface area contributed by atoms with Crippen LogP contribution >= 0.6 is 0 Å². The quantitative estimate of drug-likeness (QED) is 0.496. The van der Waals surface area contributed by atoms with Gasteiger partial charge in [0.1, 0.15) is 0 Å². The molecule has 0 aromatic carbocycles. The highest BCUT2D eigenvalue weighted by Crippen LogP contribution is 1.88. The highest BCUT2D eigenvalue weighted by Gasteiger charge is 2.05. The minimum atomic E-state index is 1.05. The molecule has 0 atom stereocenters. The van der Waals surface area contributed by atoms with E-state index in [1.807, 2.05) is 0 Å². The SMILES string of the molecule is CN(C)CC[N+](C)(C)C. The molecule has 0 unspecified atom stereocenters. The Hall–Kier alpha value is -0.0800. The molecule has 56 valence electrons. The molecule has 0 saturated heterocycles. The molecular weight excluding hydrogens is 112 g/mol. The fraction of sp³-hybridized carbons (Fsp3) is 1.00. The van der Waals surface area contributed by atoms with E-state index in [1.54, 1.807) is 0 Å². The number of hydrogen-bond acceptors (Lipinski definition) is 1. The summed E-state index contributed by atoms with van der Waals surface area (Å²) in [5, 5.41) is 0. The monoisotopic (exact) mass is 131 g/mol. The fourth-order valence-electron chi connectivity index (χ4n) is 0.500. The zero-order valence-corrected chi connectivity index (χ0v) is 7.31. The second-order valence-electron chi connectivity index (χ2n) is 3.82. The van der Waals surface area contributed by atoms with Gasteiger partial charge in [-0.05, 0) is 14.1 Å². The van der Waals surface area contributed by atoms with Crippen molar-refractivity contribution in [2.45, 2.75) is 0 Å².